The molecule has 0 aliphatic carbocycles. The van der Waals surface area contributed by atoms with E-state index in [0.29, 0.717) is 5.69 Å². The molecule has 1 amide bonds. The zero-order valence-electron chi connectivity index (χ0n) is 13.6. The van der Waals surface area contributed by atoms with Crippen molar-refractivity contribution >= 4 is 11.6 Å². The number of carbonyl (C=O) groups is 1. The van der Waals surface area contributed by atoms with Crippen LogP contribution in [0.25, 0.3) is 11.3 Å². The van der Waals surface area contributed by atoms with Crippen LogP contribution in [0.4, 0.5) is 23.2 Å². The topological polar surface area (TPSA) is 73.0 Å². The molecule has 3 rings (SSSR count). The molecule has 0 aliphatic rings. The van der Waals surface area contributed by atoms with Gasteiger partial charge in [0.05, 0.1) is 11.4 Å². The number of hydrogen-bond acceptors (Lipinski definition) is 4. The van der Waals surface area contributed by atoms with Gasteiger partial charge in [0.25, 0.3) is 5.91 Å². The molecule has 1 N–H and O–H groups in total. The number of benzene rings is 1. The quantitative estimate of drug-likeness (QED) is 0.714. The average Bonchev–Trinajstić information content (AvgIpc) is 3.13. The third-order valence-electron chi connectivity index (χ3n) is 3.62. The zero-order valence-corrected chi connectivity index (χ0v) is 13.6. The maximum Gasteiger partial charge on any atom is 0.435 e. The first-order chi connectivity index (χ1) is 12.2. The van der Waals surface area contributed by atoms with Crippen LogP contribution in [0, 0.1) is 12.7 Å². The Labute approximate surface area is 144 Å². The lowest BCUT2D eigenvalue weighted by molar-refractivity contribution is -0.141. The third kappa shape index (κ3) is 3.30. The number of aromatic nitrogens is 3. The number of oxazole rings is 1. The minimum Gasteiger partial charge on any atom is -0.438 e. The van der Waals surface area contributed by atoms with Crippen LogP contribution in [0.15, 0.2) is 35.1 Å². The van der Waals surface area contributed by atoms with E-state index in [-0.39, 0.29) is 22.7 Å². The summed E-state index contributed by atoms with van der Waals surface area (Å²) in [5.41, 5.74) is -0.755. The molecule has 136 valence electrons. The van der Waals surface area contributed by atoms with Crippen LogP contribution in [-0.4, -0.2) is 20.7 Å². The summed E-state index contributed by atoms with van der Waals surface area (Å²) in [6, 6.07) is 4.38. The van der Waals surface area contributed by atoms with E-state index in [1.54, 1.807) is 6.92 Å². The van der Waals surface area contributed by atoms with E-state index in [1.807, 2.05) is 0 Å². The molecule has 0 saturated heterocycles. The van der Waals surface area contributed by atoms with Crippen molar-refractivity contribution in [1.29, 1.82) is 0 Å². The van der Waals surface area contributed by atoms with Gasteiger partial charge in [-0.05, 0) is 31.2 Å². The predicted octanol–water partition coefficient (Wildman–Crippen LogP) is 3.79. The maximum absolute atomic E-state index is 14.4. The number of nitrogens with zero attached hydrogens (tertiary/aromatic N) is 3. The summed E-state index contributed by atoms with van der Waals surface area (Å²) in [7, 11) is 1.28. The van der Waals surface area contributed by atoms with E-state index in [1.165, 1.54) is 19.2 Å². The first-order valence-corrected chi connectivity index (χ1v) is 7.29. The van der Waals surface area contributed by atoms with Crippen LogP contribution >= 0.6 is 0 Å². The summed E-state index contributed by atoms with van der Waals surface area (Å²) in [5.74, 6) is -1.45. The number of amides is 1. The van der Waals surface area contributed by atoms with E-state index in [2.05, 4.69) is 15.4 Å². The van der Waals surface area contributed by atoms with Gasteiger partial charge in [-0.25, -0.2) is 9.37 Å². The Hall–Kier alpha value is -3.17. The number of nitrogens with one attached hydrogen (secondary N) is 1. The minimum atomic E-state index is -4.63. The Balaban J connectivity index is 1.88. The molecule has 0 fully saturated rings. The smallest absolute Gasteiger partial charge is 0.435 e. The van der Waals surface area contributed by atoms with E-state index in [4.69, 9.17) is 4.42 Å². The fourth-order valence-electron chi connectivity index (χ4n) is 2.37. The molecule has 0 bridgehead atoms. The highest BCUT2D eigenvalue weighted by Gasteiger charge is 2.35. The van der Waals surface area contributed by atoms with Gasteiger partial charge in [0.15, 0.2) is 12.1 Å². The monoisotopic (exact) mass is 368 g/mol. The number of rotatable bonds is 3. The predicted molar refractivity (Wildman–Crippen MR) is 82.8 cm³/mol. The van der Waals surface area contributed by atoms with Crippen LogP contribution in [0.5, 0.6) is 0 Å². The van der Waals surface area contributed by atoms with Crippen LogP contribution in [0.2, 0.25) is 0 Å². The van der Waals surface area contributed by atoms with E-state index >= 15 is 0 Å². The van der Waals surface area contributed by atoms with Crippen molar-refractivity contribution in [3.63, 3.8) is 0 Å². The van der Waals surface area contributed by atoms with Crippen molar-refractivity contribution in [3.05, 3.63) is 53.6 Å². The molecule has 26 heavy (non-hydrogen) atoms. The second kappa shape index (κ2) is 6.28. The SMILES string of the molecule is Cc1ncoc1C(=O)Nc1ccc(-c2cc(C(F)(F)F)nn2C)c(F)c1. The number of carbonyl (C=O) groups excluding carboxylic acids is 1. The normalized spacial score (nSPS) is 11.6. The van der Waals surface area contributed by atoms with Crippen molar-refractivity contribution in [2.24, 2.45) is 7.05 Å². The Morgan fingerprint density at radius 1 is 1.27 bits per heavy atom. The molecular formula is C16H12F4N4O2. The summed E-state index contributed by atoms with van der Waals surface area (Å²) in [6.07, 6.45) is -3.52. The number of alkyl halides is 3. The van der Waals surface area contributed by atoms with Gasteiger partial charge >= 0.3 is 6.18 Å². The largest absolute Gasteiger partial charge is 0.438 e. The van der Waals surface area contributed by atoms with Gasteiger partial charge < -0.3 is 9.73 Å². The van der Waals surface area contributed by atoms with Crippen molar-refractivity contribution in [2.75, 3.05) is 5.32 Å². The first-order valence-electron chi connectivity index (χ1n) is 7.29. The van der Waals surface area contributed by atoms with Crippen molar-refractivity contribution in [3.8, 4) is 11.3 Å². The van der Waals surface area contributed by atoms with Crippen molar-refractivity contribution in [2.45, 2.75) is 13.1 Å². The molecule has 1 aromatic carbocycles. The van der Waals surface area contributed by atoms with Crippen LogP contribution < -0.4 is 5.32 Å². The summed E-state index contributed by atoms with van der Waals surface area (Å²) >= 11 is 0. The molecular weight excluding hydrogens is 356 g/mol. The zero-order chi connectivity index (χ0) is 19.1. The van der Waals surface area contributed by atoms with E-state index in [9.17, 15) is 22.4 Å². The van der Waals surface area contributed by atoms with Gasteiger partial charge in [-0.15, -0.1) is 0 Å². The molecule has 0 aliphatic heterocycles. The lowest BCUT2D eigenvalue weighted by atomic mass is 10.1. The second-order valence-electron chi connectivity index (χ2n) is 5.45. The Morgan fingerprint density at radius 2 is 2.00 bits per heavy atom. The Morgan fingerprint density at radius 3 is 2.54 bits per heavy atom. The summed E-state index contributed by atoms with van der Waals surface area (Å²) in [4.78, 5) is 15.8. The number of anilines is 1. The van der Waals surface area contributed by atoms with Gasteiger partial charge in [0.2, 0.25) is 5.76 Å². The molecule has 2 aromatic heterocycles. The van der Waals surface area contributed by atoms with Crippen LogP contribution in [0.3, 0.4) is 0 Å². The summed E-state index contributed by atoms with van der Waals surface area (Å²) < 4.78 is 58.5. The molecule has 0 unspecified atom stereocenters. The highest BCUT2D eigenvalue weighted by atomic mass is 19.4. The summed E-state index contributed by atoms with van der Waals surface area (Å²) in [5, 5.41) is 5.78. The number of aryl methyl sites for hydroxylation is 2. The lowest BCUT2D eigenvalue weighted by Crippen LogP contribution is -2.12. The first kappa shape index (κ1) is 17.6. The van der Waals surface area contributed by atoms with Gasteiger partial charge in [-0.2, -0.15) is 18.3 Å². The highest BCUT2D eigenvalue weighted by Crippen LogP contribution is 2.32. The molecule has 6 nitrogen and oxygen atoms in total. The van der Waals surface area contributed by atoms with Crippen LogP contribution in [0.1, 0.15) is 21.9 Å². The molecule has 0 spiro atoms. The van der Waals surface area contributed by atoms with Crippen LogP contribution in [-0.2, 0) is 13.2 Å². The average molecular weight is 368 g/mol. The van der Waals surface area contributed by atoms with E-state index in [0.717, 1.165) is 23.2 Å². The fourth-order valence-corrected chi connectivity index (χ4v) is 2.37. The van der Waals surface area contributed by atoms with Crippen molar-refractivity contribution in [1.82, 2.24) is 14.8 Å². The van der Waals surface area contributed by atoms with E-state index < -0.39 is 23.6 Å². The Kier molecular flexibility index (Phi) is 4.26. The molecule has 10 heteroatoms. The third-order valence-corrected chi connectivity index (χ3v) is 3.62. The highest BCUT2D eigenvalue weighted by molar-refractivity contribution is 6.02. The number of hydrogen-bond donors (Lipinski definition) is 1. The lowest BCUT2D eigenvalue weighted by Gasteiger charge is -2.07. The van der Waals surface area contributed by atoms with Gasteiger partial charge in [-0.3, -0.25) is 9.48 Å². The number of halogens is 4. The maximum atomic E-state index is 14.4. The minimum absolute atomic E-state index is 0.0176. The molecule has 0 radical (unpaired) electrons. The van der Waals surface area contributed by atoms with Gasteiger partial charge in [-0.1, -0.05) is 0 Å². The standard InChI is InChI=1S/C16H12F4N4O2/c1-8-14(26-7-21-8)15(25)22-9-3-4-10(11(17)5-9)12-6-13(16(18,19)20)23-24(12)2/h3-7H,1-2H3,(H,22,25). The summed E-state index contributed by atoms with van der Waals surface area (Å²) in [6.45, 7) is 1.57. The van der Waals surface area contributed by atoms with Gasteiger partial charge in [0.1, 0.15) is 5.82 Å². The molecule has 2 heterocycles. The Bertz CT molecular complexity index is 975. The molecule has 0 atom stereocenters. The molecule has 0 saturated carbocycles. The fraction of sp³-hybridized carbons (Fsp3) is 0.188. The second-order valence-corrected chi connectivity index (χ2v) is 5.45. The van der Waals surface area contributed by atoms with Gasteiger partial charge in [0, 0.05) is 18.3 Å². The van der Waals surface area contributed by atoms with Crippen molar-refractivity contribution < 1.29 is 26.8 Å². The molecule has 3 aromatic rings.